The smallest absolute Gasteiger partial charge is 0.337 e. The quantitative estimate of drug-likeness (QED) is 0.805. The molecule has 0 amide bonds. The van der Waals surface area contributed by atoms with Crippen molar-refractivity contribution >= 4 is 29.1 Å². The van der Waals surface area contributed by atoms with E-state index in [0.29, 0.717) is 10.8 Å². The molecule has 1 heterocycles. The third kappa shape index (κ3) is 3.19. The van der Waals surface area contributed by atoms with Crippen LogP contribution in [0.1, 0.15) is 28.9 Å². The van der Waals surface area contributed by atoms with Crippen LogP contribution in [-0.2, 0) is 0 Å². The molecule has 1 aromatic carbocycles. The molecule has 6 heteroatoms. The number of hydrogen-bond acceptors (Lipinski definition) is 4. The van der Waals surface area contributed by atoms with Gasteiger partial charge in [-0.25, -0.2) is 9.78 Å². The molecule has 0 saturated heterocycles. The predicted molar refractivity (Wildman–Crippen MR) is 79.1 cm³/mol. The Morgan fingerprint density at radius 1 is 1.45 bits per heavy atom. The van der Waals surface area contributed by atoms with Crippen molar-refractivity contribution in [1.82, 2.24) is 4.98 Å². The number of carboxylic acid groups (broad SMARTS) is 1. The number of rotatable bonds is 4. The number of carboxylic acids is 1. The Labute approximate surface area is 121 Å². The number of nitrogens with two attached hydrogens (primary N) is 1. The van der Waals surface area contributed by atoms with Gasteiger partial charge in [0.05, 0.1) is 17.4 Å². The number of aromatic carboxylic acids is 1. The second kappa shape index (κ2) is 5.79. The Morgan fingerprint density at radius 2 is 2.20 bits per heavy atom. The van der Waals surface area contributed by atoms with Crippen molar-refractivity contribution in [2.75, 3.05) is 11.1 Å². The Morgan fingerprint density at radius 3 is 2.85 bits per heavy atom. The van der Waals surface area contributed by atoms with Crippen LogP contribution in [0.15, 0.2) is 36.5 Å². The van der Waals surface area contributed by atoms with Gasteiger partial charge in [-0.1, -0.05) is 23.7 Å². The first kappa shape index (κ1) is 14.1. The summed E-state index contributed by atoms with van der Waals surface area (Å²) >= 11 is 5.94. The summed E-state index contributed by atoms with van der Waals surface area (Å²) in [7, 11) is 0. The summed E-state index contributed by atoms with van der Waals surface area (Å²) in [6, 6.07) is 8.77. The van der Waals surface area contributed by atoms with E-state index in [1.54, 1.807) is 6.07 Å². The Balaban J connectivity index is 2.22. The maximum absolute atomic E-state index is 11.0. The van der Waals surface area contributed by atoms with Gasteiger partial charge in [-0.3, -0.25) is 0 Å². The molecule has 1 unspecified atom stereocenters. The molecule has 104 valence electrons. The molecule has 1 aromatic heterocycles. The van der Waals surface area contributed by atoms with Crippen molar-refractivity contribution in [2.24, 2.45) is 0 Å². The maximum atomic E-state index is 11.0. The molecule has 20 heavy (non-hydrogen) atoms. The highest BCUT2D eigenvalue weighted by atomic mass is 35.5. The van der Waals surface area contributed by atoms with E-state index in [4.69, 9.17) is 22.4 Å². The normalized spacial score (nSPS) is 11.9. The zero-order valence-corrected chi connectivity index (χ0v) is 11.6. The van der Waals surface area contributed by atoms with Gasteiger partial charge in [0.25, 0.3) is 0 Å². The maximum Gasteiger partial charge on any atom is 0.337 e. The predicted octanol–water partition coefficient (Wildman–Crippen LogP) is 3.19. The molecule has 0 saturated carbocycles. The fourth-order valence-electron chi connectivity index (χ4n) is 1.81. The van der Waals surface area contributed by atoms with E-state index in [0.717, 1.165) is 5.56 Å². The lowest BCUT2D eigenvalue weighted by Crippen LogP contribution is -2.10. The minimum Gasteiger partial charge on any atom is -0.478 e. The molecule has 0 aliphatic rings. The molecule has 2 rings (SSSR count). The van der Waals surface area contributed by atoms with Gasteiger partial charge in [0.2, 0.25) is 0 Å². The fraction of sp³-hybridized carbons (Fsp3) is 0.143. The van der Waals surface area contributed by atoms with E-state index in [1.807, 2.05) is 25.1 Å². The van der Waals surface area contributed by atoms with E-state index in [2.05, 4.69) is 10.3 Å². The summed E-state index contributed by atoms with van der Waals surface area (Å²) in [5, 5.41) is 12.8. The Kier molecular flexibility index (Phi) is 4.10. The van der Waals surface area contributed by atoms with Crippen molar-refractivity contribution in [3.63, 3.8) is 0 Å². The van der Waals surface area contributed by atoms with Crippen LogP contribution < -0.4 is 11.1 Å². The van der Waals surface area contributed by atoms with Gasteiger partial charge in [-0.15, -0.1) is 0 Å². The monoisotopic (exact) mass is 291 g/mol. The fourth-order valence-corrected chi connectivity index (χ4v) is 2.01. The zero-order valence-electron chi connectivity index (χ0n) is 10.8. The molecular formula is C14H14ClN3O2. The van der Waals surface area contributed by atoms with Gasteiger partial charge >= 0.3 is 5.97 Å². The molecule has 0 fully saturated rings. The number of nitrogens with zero attached hydrogens (tertiary/aromatic N) is 1. The first-order valence-electron chi connectivity index (χ1n) is 5.98. The van der Waals surface area contributed by atoms with E-state index in [1.165, 1.54) is 12.3 Å². The molecule has 0 aliphatic carbocycles. The van der Waals surface area contributed by atoms with Gasteiger partial charge in [0.1, 0.15) is 5.82 Å². The average Bonchev–Trinajstić information content (AvgIpc) is 2.40. The van der Waals surface area contributed by atoms with Crippen LogP contribution in [0, 0.1) is 0 Å². The van der Waals surface area contributed by atoms with Crippen molar-refractivity contribution in [3.8, 4) is 0 Å². The summed E-state index contributed by atoms with van der Waals surface area (Å²) in [6.45, 7) is 1.93. The molecular weight excluding hydrogens is 278 g/mol. The summed E-state index contributed by atoms with van der Waals surface area (Å²) in [4.78, 5) is 15.1. The van der Waals surface area contributed by atoms with Crippen molar-refractivity contribution in [2.45, 2.75) is 13.0 Å². The molecule has 5 nitrogen and oxygen atoms in total. The highest BCUT2D eigenvalue weighted by Crippen LogP contribution is 2.22. The van der Waals surface area contributed by atoms with Crippen LogP contribution in [0.5, 0.6) is 0 Å². The lowest BCUT2D eigenvalue weighted by Gasteiger charge is -2.15. The Hall–Kier alpha value is -2.27. The van der Waals surface area contributed by atoms with Crippen molar-refractivity contribution < 1.29 is 9.90 Å². The second-order valence-electron chi connectivity index (χ2n) is 4.38. The average molecular weight is 292 g/mol. The van der Waals surface area contributed by atoms with E-state index in [-0.39, 0.29) is 17.3 Å². The van der Waals surface area contributed by atoms with Crippen LogP contribution >= 0.6 is 11.6 Å². The molecule has 0 aliphatic heterocycles. The first-order chi connectivity index (χ1) is 9.47. The number of anilines is 2. The number of benzene rings is 1. The van der Waals surface area contributed by atoms with Gasteiger partial charge in [0, 0.05) is 11.1 Å². The van der Waals surface area contributed by atoms with Crippen LogP contribution in [0.2, 0.25) is 5.02 Å². The van der Waals surface area contributed by atoms with Gasteiger partial charge < -0.3 is 16.2 Å². The third-order valence-corrected chi connectivity index (χ3v) is 3.11. The minimum absolute atomic E-state index is 0.0285. The molecule has 4 N–H and O–H groups in total. The number of halogens is 1. The molecule has 0 bridgehead atoms. The largest absolute Gasteiger partial charge is 0.478 e. The lowest BCUT2D eigenvalue weighted by atomic mass is 10.1. The van der Waals surface area contributed by atoms with Crippen LogP contribution in [0.25, 0.3) is 0 Å². The summed E-state index contributed by atoms with van der Waals surface area (Å²) in [5.74, 6) is -0.632. The topological polar surface area (TPSA) is 88.2 Å². The third-order valence-electron chi connectivity index (χ3n) is 2.88. The summed E-state index contributed by atoms with van der Waals surface area (Å²) in [5.41, 5.74) is 6.71. The minimum atomic E-state index is -1.08. The van der Waals surface area contributed by atoms with Crippen LogP contribution in [0.4, 0.5) is 11.5 Å². The van der Waals surface area contributed by atoms with Gasteiger partial charge in [-0.2, -0.15) is 0 Å². The second-order valence-corrected chi connectivity index (χ2v) is 4.82. The van der Waals surface area contributed by atoms with Crippen LogP contribution in [0.3, 0.4) is 0 Å². The zero-order chi connectivity index (χ0) is 14.7. The Bertz CT molecular complexity index is 646. The standard InChI is InChI=1S/C14H14ClN3O2/c1-8(9-3-2-4-10(15)5-9)18-13-6-11(14(19)20)12(16)7-17-13/h2-8H,16H2,1H3,(H,17,18)(H,19,20). The lowest BCUT2D eigenvalue weighted by molar-refractivity contribution is 0.0698. The van der Waals surface area contributed by atoms with E-state index >= 15 is 0 Å². The van der Waals surface area contributed by atoms with Gasteiger partial charge in [0.15, 0.2) is 0 Å². The van der Waals surface area contributed by atoms with Gasteiger partial charge in [-0.05, 0) is 30.7 Å². The van der Waals surface area contributed by atoms with E-state index in [9.17, 15) is 4.79 Å². The van der Waals surface area contributed by atoms with E-state index < -0.39 is 5.97 Å². The molecule has 1 atom stereocenters. The number of nitrogen functional groups attached to an aromatic ring is 1. The summed E-state index contributed by atoms with van der Waals surface area (Å²) in [6.07, 6.45) is 1.33. The number of carbonyl (C=O) groups is 1. The summed E-state index contributed by atoms with van der Waals surface area (Å²) < 4.78 is 0. The number of hydrogen-bond donors (Lipinski definition) is 3. The van der Waals surface area contributed by atoms with Crippen molar-refractivity contribution in [1.29, 1.82) is 0 Å². The highest BCUT2D eigenvalue weighted by Gasteiger charge is 2.12. The van der Waals surface area contributed by atoms with Crippen LogP contribution in [-0.4, -0.2) is 16.1 Å². The molecule has 0 radical (unpaired) electrons. The first-order valence-corrected chi connectivity index (χ1v) is 6.36. The van der Waals surface area contributed by atoms with Crippen molar-refractivity contribution in [3.05, 3.63) is 52.7 Å². The number of pyridine rings is 1. The molecule has 0 spiro atoms. The highest BCUT2D eigenvalue weighted by molar-refractivity contribution is 6.30. The number of nitrogens with one attached hydrogen (secondary N) is 1. The molecule has 2 aromatic rings. The number of aromatic nitrogens is 1. The SMILES string of the molecule is CC(Nc1cc(C(=O)O)c(N)cn1)c1cccc(Cl)c1.